The summed E-state index contributed by atoms with van der Waals surface area (Å²) in [7, 11) is 0. The van der Waals surface area contributed by atoms with E-state index in [-0.39, 0.29) is 6.61 Å². The average molecular weight is 274 g/mol. The van der Waals surface area contributed by atoms with Gasteiger partial charge in [0.05, 0.1) is 13.2 Å². The predicted molar refractivity (Wildman–Crippen MR) is 76.6 cm³/mol. The molecule has 0 aromatic heterocycles. The molecule has 0 saturated carbocycles. The fourth-order valence-electron chi connectivity index (χ4n) is 2.09. The Bertz CT molecular complexity index is 606. The van der Waals surface area contributed by atoms with Crippen LogP contribution in [-0.2, 0) is 16.1 Å². The normalized spacial score (nSPS) is 12.2. The summed E-state index contributed by atoms with van der Waals surface area (Å²) in [5, 5.41) is 11.5. The molecule has 0 fully saturated rings. The molecule has 0 spiro atoms. The van der Waals surface area contributed by atoms with Crippen molar-refractivity contribution in [2.24, 2.45) is 0 Å². The van der Waals surface area contributed by atoms with Crippen LogP contribution in [0.3, 0.4) is 0 Å². The van der Waals surface area contributed by atoms with Gasteiger partial charge in [0.15, 0.2) is 6.10 Å². The number of hydrogen-bond acceptors (Lipinski definition) is 4. The molecule has 4 heteroatoms. The summed E-state index contributed by atoms with van der Waals surface area (Å²) in [5.74, 6) is 0.0938. The van der Waals surface area contributed by atoms with Crippen molar-refractivity contribution < 1.29 is 19.4 Å². The lowest BCUT2D eigenvalue weighted by Gasteiger charge is -2.17. The molecule has 0 saturated heterocycles. The second kappa shape index (κ2) is 6.39. The first-order chi connectivity index (χ1) is 9.67. The van der Waals surface area contributed by atoms with Crippen LogP contribution < -0.4 is 4.74 Å². The van der Waals surface area contributed by atoms with Crippen LogP contribution in [0.25, 0.3) is 10.8 Å². The molecule has 20 heavy (non-hydrogen) atoms. The molecule has 0 aliphatic carbocycles. The molecule has 0 amide bonds. The average Bonchev–Trinajstić information content (AvgIpc) is 2.47. The lowest BCUT2D eigenvalue weighted by Crippen LogP contribution is -2.26. The Morgan fingerprint density at radius 3 is 2.70 bits per heavy atom. The predicted octanol–water partition coefficient (Wildman–Crippen LogP) is 2.66. The highest BCUT2D eigenvalue weighted by molar-refractivity contribution is 5.87. The summed E-state index contributed by atoms with van der Waals surface area (Å²) in [6.07, 6.45) is -0.707. The molecule has 0 radical (unpaired) electrons. The van der Waals surface area contributed by atoms with Crippen molar-refractivity contribution in [2.45, 2.75) is 26.6 Å². The van der Waals surface area contributed by atoms with Crippen molar-refractivity contribution in [2.75, 3.05) is 6.61 Å². The quantitative estimate of drug-likeness (QED) is 0.852. The molecule has 1 N–H and O–H groups in total. The summed E-state index contributed by atoms with van der Waals surface area (Å²) >= 11 is 0. The summed E-state index contributed by atoms with van der Waals surface area (Å²) in [4.78, 5) is 11.6. The highest BCUT2D eigenvalue weighted by Crippen LogP contribution is 2.28. The van der Waals surface area contributed by atoms with Crippen LogP contribution >= 0.6 is 0 Å². The van der Waals surface area contributed by atoms with Crippen LogP contribution in [0.15, 0.2) is 36.4 Å². The van der Waals surface area contributed by atoms with E-state index >= 15 is 0 Å². The van der Waals surface area contributed by atoms with Crippen molar-refractivity contribution >= 4 is 16.7 Å². The Morgan fingerprint density at radius 2 is 2.00 bits per heavy atom. The number of hydrogen-bond donors (Lipinski definition) is 1. The third-order valence-electron chi connectivity index (χ3n) is 3.08. The fraction of sp³-hybridized carbons (Fsp3) is 0.312. The van der Waals surface area contributed by atoms with E-state index in [1.54, 1.807) is 19.9 Å². The van der Waals surface area contributed by atoms with Crippen LogP contribution in [0.2, 0.25) is 0 Å². The van der Waals surface area contributed by atoms with E-state index in [0.29, 0.717) is 17.9 Å². The zero-order valence-electron chi connectivity index (χ0n) is 11.6. The Morgan fingerprint density at radius 1 is 1.25 bits per heavy atom. The van der Waals surface area contributed by atoms with Gasteiger partial charge in [-0.05, 0) is 30.7 Å². The largest absolute Gasteiger partial charge is 0.479 e. The highest BCUT2D eigenvalue weighted by atomic mass is 16.6. The Labute approximate surface area is 117 Å². The zero-order valence-corrected chi connectivity index (χ0v) is 11.6. The van der Waals surface area contributed by atoms with Gasteiger partial charge in [-0.1, -0.05) is 30.3 Å². The van der Waals surface area contributed by atoms with Crippen LogP contribution in [0, 0.1) is 0 Å². The highest BCUT2D eigenvalue weighted by Gasteiger charge is 2.18. The maximum absolute atomic E-state index is 11.6. The van der Waals surface area contributed by atoms with Crippen LogP contribution in [-0.4, -0.2) is 23.8 Å². The van der Waals surface area contributed by atoms with E-state index in [0.717, 1.165) is 10.8 Å². The van der Waals surface area contributed by atoms with Crippen molar-refractivity contribution in [1.29, 1.82) is 0 Å². The first kappa shape index (κ1) is 14.3. The van der Waals surface area contributed by atoms with Gasteiger partial charge in [-0.2, -0.15) is 0 Å². The number of fused-ring (bicyclic) bond motifs is 1. The Balaban J connectivity index is 2.32. The monoisotopic (exact) mass is 274 g/mol. The first-order valence-corrected chi connectivity index (χ1v) is 6.62. The molecule has 0 bridgehead atoms. The molecule has 2 rings (SSSR count). The van der Waals surface area contributed by atoms with Crippen molar-refractivity contribution in [3.05, 3.63) is 42.0 Å². The summed E-state index contributed by atoms with van der Waals surface area (Å²) < 4.78 is 10.5. The van der Waals surface area contributed by atoms with E-state index in [1.165, 1.54) is 0 Å². The molecule has 0 aliphatic heterocycles. The van der Waals surface area contributed by atoms with Gasteiger partial charge in [0.25, 0.3) is 0 Å². The fourth-order valence-corrected chi connectivity index (χ4v) is 2.09. The van der Waals surface area contributed by atoms with E-state index in [4.69, 9.17) is 9.47 Å². The minimum absolute atomic E-state index is 0.147. The minimum atomic E-state index is -0.707. The van der Waals surface area contributed by atoms with Crippen LogP contribution in [0.5, 0.6) is 5.75 Å². The first-order valence-electron chi connectivity index (χ1n) is 6.62. The topological polar surface area (TPSA) is 55.8 Å². The number of ether oxygens (including phenoxy) is 2. The van der Waals surface area contributed by atoms with Crippen LogP contribution in [0.4, 0.5) is 0 Å². The van der Waals surface area contributed by atoms with E-state index < -0.39 is 12.1 Å². The second-order valence-electron chi connectivity index (χ2n) is 4.43. The third kappa shape index (κ3) is 2.91. The van der Waals surface area contributed by atoms with E-state index in [2.05, 4.69) is 0 Å². The van der Waals surface area contributed by atoms with Crippen molar-refractivity contribution in [3.8, 4) is 5.75 Å². The standard InChI is InChI=1S/C16H18O4/c1-3-19-16(18)11(2)20-15-9-8-12-6-4-5-7-13(12)14(15)10-17/h4-9,11,17H,3,10H2,1-2H3. The summed E-state index contributed by atoms with van der Waals surface area (Å²) in [6, 6.07) is 11.4. The molecule has 4 nitrogen and oxygen atoms in total. The van der Waals surface area contributed by atoms with Crippen molar-refractivity contribution in [3.63, 3.8) is 0 Å². The van der Waals surface area contributed by atoms with Gasteiger partial charge in [-0.3, -0.25) is 0 Å². The molecule has 2 aromatic rings. The van der Waals surface area contributed by atoms with Gasteiger partial charge in [-0.15, -0.1) is 0 Å². The maximum Gasteiger partial charge on any atom is 0.347 e. The number of benzene rings is 2. The lowest BCUT2D eigenvalue weighted by atomic mass is 10.0. The van der Waals surface area contributed by atoms with E-state index in [9.17, 15) is 9.90 Å². The van der Waals surface area contributed by atoms with Gasteiger partial charge in [0, 0.05) is 5.56 Å². The minimum Gasteiger partial charge on any atom is -0.479 e. The number of aliphatic hydroxyl groups excluding tert-OH is 1. The Kier molecular flexibility index (Phi) is 4.58. The summed E-state index contributed by atoms with van der Waals surface area (Å²) in [6.45, 7) is 3.55. The molecule has 1 atom stereocenters. The third-order valence-corrected chi connectivity index (χ3v) is 3.08. The number of esters is 1. The maximum atomic E-state index is 11.6. The Hall–Kier alpha value is -2.07. The molecular formula is C16H18O4. The van der Waals surface area contributed by atoms with Crippen molar-refractivity contribution in [1.82, 2.24) is 0 Å². The summed E-state index contributed by atoms with van der Waals surface area (Å²) in [5.41, 5.74) is 0.680. The molecule has 106 valence electrons. The SMILES string of the molecule is CCOC(=O)C(C)Oc1ccc2ccccc2c1CO. The molecular weight excluding hydrogens is 256 g/mol. The molecule has 0 heterocycles. The number of rotatable bonds is 5. The smallest absolute Gasteiger partial charge is 0.347 e. The number of carbonyl (C=O) groups excluding carboxylic acids is 1. The van der Waals surface area contributed by atoms with Gasteiger partial charge < -0.3 is 14.6 Å². The second-order valence-corrected chi connectivity index (χ2v) is 4.43. The number of aliphatic hydroxyl groups is 1. The molecule has 1 unspecified atom stereocenters. The van der Waals surface area contributed by atoms with Crippen LogP contribution in [0.1, 0.15) is 19.4 Å². The van der Waals surface area contributed by atoms with E-state index in [1.807, 2.05) is 30.3 Å². The van der Waals surface area contributed by atoms with Gasteiger partial charge in [0.2, 0.25) is 0 Å². The number of carbonyl (C=O) groups is 1. The molecule has 0 aliphatic rings. The zero-order chi connectivity index (χ0) is 14.5. The van der Waals surface area contributed by atoms with Gasteiger partial charge in [-0.25, -0.2) is 4.79 Å². The lowest BCUT2D eigenvalue weighted by molar-refractivity contribution is -0.150. The van der Waals surface area contributed by atoms with Gasteiger partial charge >= 0.3 is 5.97 Å². The molecule has 2 aromatic carbocycles. The van der Waals surface area contributed by atoms with Gasteiger partial charge in [0.1, 0.15) is 5.75 Å².